The lowest BCUT2D eigenvalue weighted by Crippen LogP contribution is -2.71. The molecule has 2 aliphatic rings. The number of rotatable bonds is 2. The highest BCUT2D eigenvalue weighted by Gasteiger charge is 2.55. The average molecular weight is 258 g/mol. The largest absolute Gasteiger partial charge is 0.341 e. The number of β-lactam (4-membered cyclic amide) rings is 1. The second-order valence-electron chi connectivity index (χ2n) is 6.64. The molecule has 0 radical (unpaired) electrons. The van der Waals surface area contributed by atoms with Gasteiger partial charge in [-0.25, -0.2) is 0 Å². The summed E-state index contributed by atoms with van der Waals surface area (Å²) in [7, 11) is 1.94. The Morgan fingerprint density at radius 3 is 2.63 bits per heavy atom. The van der Waals surface area contributed by atoms with Crippen molar-refractivity contribution in [2.24, 2.45) is 11.3 Å². The quantitative estimate of drug-likeness (QED) is 0.757. The molecule has 0 spiro atoms. The standard InChI is InChI=1S/C16H22N2O/c1-16(2)11-18(9-12-7-5-4-6-8-12)10-13-14(16)17(3)15(13)19/h4-8,13-14H,9-11H2,1-3H3/t13-,14-/m1/s1. The smallest absolute Gasteiger partial charge is 0.229 e. The maximum Gasteiger partial charge on any atom is 0.229 e. The van der Waals surface area contributed by atoms with Gasteiger partial charge < -0.3 is 4.90 Å². The Kier molecular flexibility index (Phi) is 2.90. The summed E-state index contributed by atoms with van der Waals surface area (Å²) < 4.78 is 0. The molecule has 2 atom stereocenters. The van der Waals surface area contributed by atoms with Crippen LogP contribution in [0.1, 0.15) is 19.4 Å². The first-order chi connectivity index (χ1) is 8.99. The molecule has 19 heavy (non-hydrogen) atoms. The summed E-state index contributed by atoms with van der Waals surface area (Å²) in [6.45, 7) is 7.48. The molecule has 3 rings (SSSR count). The number of hydrogen-bond acceptors (Lipinski definition) is 2. The molecule has 1 aromatic rings. The molecule has 0 N–H and O–H groups in total. The van der Waals surface area contributed by atoms with Gasteiger partial charge in [0.1, 0.15) is 0 Å². The number of fused-ring (bicyclic) bond motifs is 1. The van der Waals surface area contributed by atoms with Crippen molar-refractivity contribution in [2.75, 3.05) is 20.1 Å². The third-order valence-corrected chi connectivity index (χ3v) is 4.60. The first-order valence-electron chi connectivity index (χ1n) is 7.02. The molecule has 0 aliphatic carbocycles. The number of nitrogens with zero attached hydrogens (tertiary/aromatic N) is 2. The van der Waals surface area contributed by atoms with E-state index in [0.717, 1.165) is 19.6 Å². The highest BCUT2D eigenvalue weighted by Crippen LogP contribution is 2.43. The first kappa shape index (κ1) is 12.7. The van der Waals surface area contributed by atoms with Gasteiger partial charge in [0.25, 0.3) is 0 Å². The molecule has 2 heterocycles. The molecular formula is C16H22N2O. The molecule has 1 amide bonds. The third kappa shape index (κ3) is 2.06. The molecular weight excluding hydrogens is 236 g/mol. The fraction of sp³-hybridized carbons (Fsp3) is 0.562. The number of likely N-dealkylation sites (tertiary alicyclic amines) is 2. The highest BCUT2D eigenvalue weighted by atomic mass is 16.2. The van der Waals surface area contributed by atoms with Crippen molar-refractivity contribution in [1.29, 1.82) is 0 Å². The summed E-state index contributed by atoms with van der Waals surface area (Å²) in [5, 5.41) is 0. The van der Waals surface area contributed by atoms with Crippen molar-refractivity contribution in [2.45, 2.75) is 26.4 Å². The van der Waals surface area contributed by atoms with E-state index in [1.807, 2.05) is 18.0 Å². The highest BCUT2D eigenvalue weighted by molar-refractivity contribution is 5.86. The Bertz CT molecular complexity index is 483. The molecule has 3 heteroatoms. The van der Waals surface area contributed by atoms with Crippen LogP contribution in [0.5, 0.6) is 0 Å². The van der Waals surface area contributed by atoms with Gasteiger partial charge in [-0.2, -0.15) is 0 Å². The first-order valence-corrected chi connectivity index (χ1v) is 7.02. The van der Waals surface area contributed by atoms with E-state index in [2.05, 4.69) is 43.0 Å². The van der Waals surface area contributed by atoms with E-state index in [-0.39, 0.29) is 11.3 Å². The number of hydrogen-bond donors (Lipinski definition) is 0. The van der Waals surface area contributed by atoms with Crippen molar-refractivity contribution in [1.82, 2.24) is 9.80 Å². The third-order valence-electron chi connectivity index (χ3n) is 4.60. The van der Waals surface area contributed by atoms with Gasteiger partial charge in [-0.3, -0.25) is 9.69 Å². The SMILES string of the molecule is CN1C(=O)[C@@H]2CN(Cc3ccccc3)CC(C)(C)[C@@H]21. The van der Waals surface area contributed by atoms with Gasteiger partial charge in [0.2, 0.25) is 5.91 Å². The summed E-state index contributed by atoms with van der Waals surface area (Å²) in [6, 6.07) is 10.9. The van der Waals surface area contributed by atoms with E-state index in [1.54, 1.807) is 0 Å². The van der Waals surface area contributed by atoms with Gasteiger partial charge in [0.05, 0.1) is 12.0 Å². The number of amides is 1. The van der Waals surface area contributed by atoms with Crippen LogP contribution in [0.4, 0.5) is 0 Å². The fourth-order valence-electron chi connectivity index (χ4n) is 3.94. The molecule has 102 valence electrons. The summed E-state index contributed by atoms with van der Waals surface area (Å²) in [6.07, 6.45) is 0. The van der Waals surface area contributed by atoms with Gasteiger partial charge >= 0.3 is 0 Å². The predicted molar refractivity (Wildman–Crippen MR) is 75.5 cm³/mol. The summed E-state index contributed by atoms with van der Waals surface area (Å²) >= 11 is 0. The van der Waals surface area contributed by atoms with Crippen LogP contribution in [0.25, 0.3) is 0 Å². The molecule has 1 aromatic carbocycles. The molecule has 0 unspecified atom stereocenters. The summed E-state index contributed by atoms with van der Waals surface area (Å²) in [5.41, 5.74) is 1.51. The number of carbonyl (C=O) groups is 1. The van der Waals surface area contributed by atoms with E-state index in [1.165, 1.54) is 5.56 Å². The monoisotopic (exact) mass is 258 g/mol. The van der Waals surface area contributed by atoms with Crippen LogP contribution in [0.3, 0.4) is 0 Å². The zero-order valence-electron chi connectivity index (χ0n) is 12.0. The van der Waals surface area contributed by atoms with Crippen molar-refractivity contribution < 1.29 is 4.79 Å². The average Bonchev–Trinajstić information content (AvgIpc) is 2.37. The van der Waals surface area contributed by atoms with Crippen LogP contribution in [-0.4, -0.2) is 41.9 Å². The number of piperidine rings is 1. The van der Waals surface area contributed by atoms with Crippen molar-refractivity contribution in [3.05, 3.63) is 35.9 Å². The zero-order chi connectivity index (χ0) is 13.6. The Hall–Kier alpha value is -1.35. The molecule has 3 nitrogen and oxygen atoms in total. The molecule has 2 saturated heterocycles. The number of benzene rings is 1. The minimum Gasteiger partial charge on any atom is -0.341 e. The molecule has 0 bridgehead atoms. The van der Waals surface area contributed by atoms with Crippen molar-refractivity contribution in [3.63, 3.8) is 0 Å². The van der Waals surface area contributed by atoms with Gasteiger partial charge in [0.15, 0.2) is 0 Å². The minimum atomic E-state index is 0.181. The van der Waals surface area contributed by atoms with Crippen LogP contribution in [-0.2, 0) is 11.3 Å². The van der Waals surface area contributed by atoms with Crippen LogP contribution >= 0.6 is 0 Å². The molecule has 0 saturated carbocycles. The lowest BCUT2D eigenvalue weighted by atomic mass is 9.67. The Morgan fingerprint density at radius 1 is 1.26 bits per heavy atom. The van der Waals surface area contributed by atoms with Crippen molar-refractivity contribution >= 4 is 5.91 Å². The molecule has 0 aromatic heterocycles. The predicted octanol–water partition coefficient (Wildman–Crippen LogP) is 1.99. The molecule has 2 fully saturated rings. The Balaban J connectivity index is 1.74. The van der Waals surface area contributed by atoms with Gasteiger partial charge in [-0.05, 0) is 11.0 Å². The van der Waals surface area contributed by atoms with E-state index < -0.39 is 0 Å². The normalized spacial score (nSPS) is 29.8. The Labute approximate surface area is 115 Å². The maximum atomic E-state index is 12.0. The second-order valence-corrected chi connectivity index (χ2v) is 6.64. The topological polar surface area (TPSA) is 23.6 Å². The van der Waals surface area contributed by atoms with Crippen LogP contribution in [0, 0.1) is 11.3 Å². The zero-order valence-corrected chi connectivity index (χ0v) is 12.0. The van der Waals surface area contributed by atoms with Gasteiger partial charge in [-0.15, -0.1) is 0 Å². The van der Waals surface area contributed by atoms with Crippen LogP contribution in [0.2, 0.25) is 0 Å². The van der Waals surface area contributed by atoms with E-state index >= 15 is 0 Å². The van der Waals surface area contributed by atoms with E-state index in [4.69, 9.17) is 0 Å². The van der Waals surface area contributed by atoms with Gasteiger partial charge in [0, 0.05) is 26.7 Å². The van der Waals surface area contributed by atoms with Crippen molar-refractivity contribution in [3.8, 4) is 0 Å². The fourth-order valence-corrected chi connectivity index (χ4v) is 3.94. The lowest BCUT2D eigenvalue weighted by Gasteiger charge is -2.58. The van der Waals surface area contributed by atoms with E-state index in [9.17, 15) is 4.79 Å². The minimum absolute atomic E-state index is 0.181. The summed E-state index contributed by atoms with van der Waals surface area (Å²) in [4.78, 5) is 16.3. The van der Waals surface area contributed by atoms with E-state index in [0.29, 0.717) is 11.9 Å². The Morgan fingerprint density at radius 2 is 1.95 bits per heavy atom. The van der Waals surface area contributed by atoms with Crippen LogP contribution < -0.4 is 0 Å². The van der Waals surface area contributed by atoms with Crippen LogP contribution in [0.15, 0.2) is 30.3 Å². The maximum absolute atomic E-state index is 12.0. The summed E-state index contributed by atoms with van der Waals surface area (Å²) in [5.74, 6) is 0.522. The molecule has 2 aliphatic heterocycles. The van der Waals surface area contributed by atoms with Gasteiger partial charge in [-0.1, -0.05) is 44.2 Å². The lowest BCUT2D eigenvalue weighted by molar-refractivity contribution is -0.172. The second kappa shape index (κ2) is 4.34. The number of carbonyl (C=O) groups excluding carboxylic acids is 1.